The SMILES string of the molecule is CCOC(=O)c1ccc2c(n1)CCCC2N(CCc1ccccc1OCc1ccc(-c2nc3cc(OC(F)(F)F)ccc3o2)cc1)C(=O)OC(C)(C)C. The predicted molar refractivity (Wildman–Crippen MR) is 189 cm³/mol. The molecule has 0 radical (unpaired) electrons. The lowest BCUT2D eigenvalue weighted by molar-refractivity contribution is -0.274. The first kappa shape index (κ1) is 37.2. The zero-order valence-electron chi connectivity index (χ0n) is 29.9. The largest absolute Gasteiger partial charge is 0.573 e. The fourth-order valence-electron chi connectivity index (χ4n) is 6.20. The Morgan fingerprint density at radius 3 is 2.47 bits per heavy atom. The number of ether oxygens (including phenoxy) is 4. The smallest absolute Gasteiger partial charge is 0.489 e. The summed E-state index contributed by atoms with van der Waals surface area (Å²) in [6.07, 6.45) is -2.55. The molecular formula is C40H40F3N3O7. The van der Waals surface area contributed by atoms with Gasteiger partial charge in [0.15, 0.2) is 5.58 Å². The van der Waals surface area contributed by atoms with Gasteiger partial charge in [-0.3, -0.25) is 0 Å². The molecule has 2 aromatic heterocycles. The second-order valence-electron chi connectivity index (χ2n) is 13.6. The lowest BCUT2D eigenvalue weighted by Crippen LogP contribution is -2.41. The number of pyridine rings is 1. The fraction of sp³-hybridized carbons (Fsp3) is 0.350. The molecule has 1 amide bonds. The van der Waals surface area contributed by atoms with Gasteiger partial charge in [-0.15, -0.1) is 13.2 Å². The maximum Gasteiger partial charge on any atom is 0.573 e. The van der Waals surface area contributed by atoms with Crippen LogP contribution in [0, 0.1) is 0 Å². The van der Waals surface area contributed by atoms with E-state index in [4.69, 9.17) is 18.6 Å². The number of fused-ring (bicyclic) bond motifs is 2. The minimum atomic E-state index is -4.81. The molecule has 0 spiro atoms. The Morgan fingerprint density at radius 2 is 1.74 bits per heavy atom. The summed E-state index contributed by atoms with van der Waals surface area (Å²) in [5.74, 6) is 0.0727. The highest BCUT2D eigenvalue weighted by atomic mass is 19.4. The number of benzene rings is 3. The van der Waals surface area contributed by atoms with Gasteiger partial charge in [-0.1, -0.05) is 36.4 Å². The molecule has 0 saturated heterocycles. The van der Waals surface area contributed by atoms with E-state index in [1.807, 2.05) is 63.2 Å². The summed E-state index contributed by atoms with van der Waals surface area (Å²) in [7, 11) is 0. The van der Waals surface area contributed by atoms with Crippen LogP contribution in [0.25, 0.3) is 22.6 Å². The molecule has 6 rings (SSSR count). The van der Waals surface area contributed by atoms with Crippen molar-refractivity contribution < 1.29 is 46.1 Å². The van der Waals surface area contributed by atoms with Gasteiger partial charge < -0.3 is 28.3 Å². The molecule has 0 N–H and O–H groups in total. The average Bonchev–Trinajstić information content (AvgIpc) is 3.53. The number of rotatable bonds is 11. The van der Waals surface area contributed by atoms with Crippen LogP contribution >= 0.6 is 0 Å². The third-order valence-corrected chi connectivity index (χ3v) is 8.53. The van der Waals surface area contributed by atoms with Crippen LogP contribution in [0.15, 0.2) is 83.3 Å². The molecular weight excluding hydrogens is 691 g/mol. The van der Waals surface area contributed by atoms with Gasteiger partial charge in [0.1, 0.15) is 34.9 Å². The van der Waals surface area contributed by atoms with Crippen molar-refractivity contribution in [2.24, 2.45) is 0 Å². The number of para-hydroxylation sites is 1. The number of aryl methyl sites for hydroxylation is 1. The normalized spacial score (nSPS) is 14.4. The molecule has 0 bridgehead atoms. The van der Waals surface area contributed by atoms with Crippen molar-refractivity contribution in [2.45, 2.75) is 78.0 Å². The van der Waals surface area contributed by atoms with E-state index in [0.29, 0.717) is 36.3 Å². The topological polar surface area (TPSA) is 113 Å². The van der Waals surface area contributed by atoms with Crippen molar-refractivity contribution in [2.75, 3.05) is 13.2 Å². The number of hydrogen-bond donors (Lipinski definition) is 0. The van der Waals surface area contributed by atoms with Crippen LogP contribution < -0.4 is 9.47 Å². The lowest BCUT2D eigenvalue weighted by atomic mass is 9.89. The molecule has 3 aromatic carbocycles. The fourth-order valence-corrected chi connectivity index (χ4v) is 6.20. The van der Waals surface area contributed by atoms with E-state index in [2.05, 4.69) is 14.7 Å². The molecule has 1 atom stereocenters. The number of oxazole rings is 1. The highest BCUT2D eigenvalue weighted by Gasteiger charge is 2.34. The Balaban J connectivity index is 1.15. The summed E-state index contributed by atoms with van der Waals surface area (Å²) < 4.78 is 65.0. The second-order valence-corrected chi connectivity index (χ2v) is 13.6. The number of hydrogen-bond acceptors (Lipinski definition) is 9. The van der Waals surface area contributed by atoms with Gasteiger partial charge in [-0.2, -0.15) is 0 Å². The Morgan fingerprint density at radius 1 is 0.962 bits per heavy atom. The van der Waals surface area contributed by atoms with Crippen molar-refractivity contribution in [3.63, 3.8) is 0 Å². The quantitative estimate of drug-likeness (QED) is 0.123. The number of aromatic nitrogens is 2. The van der Waals surface area contributed by atoms with Crippen LogP contribution in [-0.4, -0.2) is 52.0 Å². The van der Waals surface area contributed by atoms with Crippen LogP contribution in [0.4, 0.5) is 18.0 Å². The van der Waals surface area contributed by atoms with Crippen molar-refractivity contribution in [3.05, 3.63) is 107 Å². The third-order valence-electron chi connectivity index (χ3n) is 8.53. The number of alkyl halides is 3. The Hall–Kier alpha value is -5.59. The van der Waals surface area contributed by atoms with Gasteiger partial charge in [0, 0.05) is 23.9 Å². The number of halogens is 3. The van der Waals surface area contributed by atoms with Gasteiger partial charge in [-0.05, 0) is 106 Å². The molecule has 0 fully saturated rings. The Kier molecular flexibility index (Phi) is 10.9. The number of amides is 1. The molecule has 10 nitrogen and oxygen atoms in total. The van der Waals surface area contributed by atoms with E-state index in [0.717, 1.165) is 35.2 Å². The molecule has 1 aliphatic rings. The van der Waals surface area contributed by atoms with Crippen molar-refractivity contribution in [1.82, 2.24) is 14.9 Å². The summed E-state index contributed by atoms with van der Waals surface area (Å²) in [5, 5.41) is 0. The Labute approximate surface area is 304 Å². The van der Waals surface area contributed by atoms with Gasteiger partial charge in [0.05, 0.1) is 12.6 Å². The van der Waals surface area contributed by atoms with Gasteiger partial charge in [0.25, 0.3) is 0 Å². The molecule has 278 valence electrons. The second kappa shape index (κ2) is 15.6. The molecule has 1 unspecified atom stereocenters. The van der Waals surface area contributed by atoms with Gasteiger partial charge in [-0.25, -0.2) is 19.6 Å². The lowest BCUT2D eigenvalue weighted by Gasteiger charge is -2.36. The molecule has 2 heterocycles. The standard InChI is InChI=1S/C40H40F3N3O7/c1-5-49-37(47)31-19-18-29-30(44-31)10-8-11-33(29)46(38(48)53-39(2,3)4)22-21-26-9-6-7-12-34(26)50-24-25-13-15-27(16-14-25)36-45-32-23-28(52-40(41,42)43)17-20-35(32)51-36/h6-7,9,12-20,23,33H,5,8,10-11,21-22,24H2,1-4H3. The van der Waals surface area contributed by atoms with E-state index in [9.17, 15) is 22.8 Å². The molecule has 0 saturated carbocycles. The summed E-state index contributed by atoms with van der Waals surface area (Å²) in [4.78, 5) is 36.8. The van der Waals surface area contributed by atoms with Crippen LogP contribution in [0.1, 0.15) is 79.5 Å². The maximum absolute atomic E-state index is 13.7. The van der Waals surface area contributed by atoms with E-state index >= 15 is 0 Å². The molecule has 1 aliphatic carbocycles. The first-order valence-corrected chi connectivity index (χ1v) is 17.4. The van der Waals surface area contributed by atoms with Gasteiger partial charge >= 0.3 is 18.4 Å². The summed E-state index contributed by atoms with van der Waals surface area (Å²) in [5.41, 5.74) is 4.19. The van der Waals surface area contributed by atoms with Crippen LogP contribution in [0.5, 0.6) is 11.5 Å². The van der Waals surface area contributed by atoms with E-state index in [1.165, 1.54) is 18.2 Å². The third kappa shape index (κ3) is 9.45. The van der Waals surface area contributed by atoms with Gasteiger partial charge in [0.2, 0.25) is 5.89 Å². The van der Waals surface area contributed by atoms with E-state index in [1.54, 1.807) is 30.0 Å². The zero-order valence-corrected chi connectivity index (χ0v) is 29.9. The number of carbonyl (C=O) groups excluding carboxylic acids is 2. The molecule has 5 aromatic rings. The molecule has 0 aliphatic heterocycles. The van der Waals surface area contributed by atoms with E-state index in [-0.39, 0.29) is 42.1 Å². The van der Waals surface area contributed by atoms with Crippen LogP contribution in [0.3, 0.4) is 0 Å². The highest BCUT2D eigenvalue weighted by Crippen LogP contribution is 2.36. The molecule has 53 heavy (non-hydrogen) atoms. The summed E-state index contributed by atoms with van der Waals surface area (Å²) >= 11 is 0. The Bertz CT molecular complexity index is 2070. The first-order valence-electron chi connectivity index (χ1n) is 17.4. The number of esters is 1. The summed E-state index contributed by atoms with van der Waals surface area (Å²) in [6, 6.07) is 21.9. The zero-order chi connectivity index (χ0) is 37.8. The average molecular weight is 732 g/mol. The predicted octanol–water partition coefficient (Wildman–Crippen LogP) is 9.40. The summed E-state index contributed by atoms with van der Waals surface area (Å²) in [6.45, 7) is 8.11. The highest BCUT2D eigenvalue weighted by molar-refractivity contribution is 5.87. The minimum Gasteiger partial charge on any atom is -0.489 e. The van der Waals surface area contributed by atoms with Crippen LogP contribution in [0.2, 0.25) is 0 Å². The molecule has 13 heteroatoms. The monoisotopic (exact) mass is 731 g/mol. The van der Waals surface area contributed by atoms with Crippen LogP contribution in [-0.2, 0) is 28.9 Å². The maximum atomic E-state index is 13.7. The van der Waals surface area contributed by atoms with Crippen molar-refractivity contribution >= 4 is 23.2 Å². The minimum absolute atomic E-state index is 0.239. The first-order chi connectivity index (χ1) is 25.3. The van der Waals surface area contributed by atoms with Crippen molar-refractivity contribution in [3.8, 4) is 23.0 Å². The number of carbonyl (C=O) groups is 2. The number of nitrogens with zero attached hydrogens (tertiary/aromatic N) is 3. The van der Waals surface area contributed by atoms with Crippen molar-refractivity contribution in [1.29, 1.82) is 0 Å². The van der Waals surface area contributed by atoms with E-state index < -0.39 is 24.0 Å².